The highest BCUT2D eigenvalue weighted by Gasteiger charge is 2.28. The quantitative estimate of drug-likeness (QED) is 0.912. The van der Waals surface area contributed by atoms with Gasteiger partial charge in [-0.1, -0.05) is 11.6 Å². The molecule has 0 aliphatic carbocycles. The summed E-state index contributed by atoms with van der Waals surface area (Å²) in [4.78, 5) is 6.88. The maximum Gasteiger partial charge on any atom is 0.129 e. The molecule has 100 valence electrons. The summed E-state index contributed by atoms with van der Waals surface area (Å²) >= 11 is 6.12. The van der Waals surface area contributed by atoms with Crippen LogP contribution in [0.2, 0.25) is 5.02 Å². The van der Waals surface area contributed by atoms with Gasteiger partial charge in [0.1, 0.15) is 5.82 Å². The SMILES string of the molecule is CNCc1nc(N2CCOC(C)(C)C2)ccc1Cl. The van der Waals surface area contributed by atoms with E-state index in [4.69, 9.17) is 16.3 Å². The van der Waals surface area contributed by atoms with Crippen LogP contribution in [0.25, 0.3) is 0 Å². The van der Waals surface area contributed by atoms with Crippen LogP contribution in [0.15, 0.2) is 12.1 Å². The van der Waals surface area contributed by atoms with E-state index in [1.807, 2.05) is 19.2 Å². The molecule has 1 saturated heterocycles. The molecular weight excluding hydrogens is 250 g/mol. The normalized spacial score (nSPS) is 19.0. The zero-order valence-corrected chi connectivity index (χ0v) is 11.9. The third kappa shape index (κ3) is 3.13. The minimum atomic E-state index is -0.122. The van der Waals surface area contributed by atoms with Gasteiger partial charge in [0.2, 0.25) is 0 Å². The van der Waals surface area contributed by atoms with E-state index in [1.165, 1.54) is 0 Å². The number of nitrogens with zero attached hydrogens (tertiary/aromatic N) is 2. The number of pyridine rings is 1. The van der Waals surface area contributed by atoms with E-state index in [-0.39, 0.29) is 5.60 Å². The van der Waals surface area contributed by atoms with Gasteiger partial charge in [-0.2, -0.15) is 0 Å². The first-order chi connectivity index (χ1) is 8.52. The molecule has 0 unspecified atom stereocenters. The van der Waals surface area contributed by atoms with Gasteiger partial charge in [-0.05, 0) is 33.0 Å². The van der Waals surface area contributed by atoms with Crippen LogP contribution in [0.1, 0.15) is 19.5 Å². The molecule has 0 aromatic carbocycles. The summed E-state index contributed by atoms with van der Waals surface area (Å²) < 4.78 is 5.71. The molecule has 0 saturated carbocycles. The van der Waals surface area contributed by atoms with E-state index in [1.54, 1.807) is 0 Å². The van der Waals surface area contributed by atoms with Crippen LogP contribution in [-0.2, 0) is 11.3 Å². The van der Waals surface area contributed by atoms with E-state index in [0.29, 0.717) is 11.6 Å². The lowest BCUT2D eigenvalue weighted by Gasteiger charge is -2.38. The predicted octanol–water partition coefficient (Wildman–Crippen LogP) is 2.07. The summed E-state index contributed by atoms with van der Waals surface area (Å²) in [6, 6.07) is 3.89. The average Bonchev–Trinajstić information content (AvgIpc) is 2.31. The van der Waals surface area contributed by atoms with Gasteiger partial charge in [-0.25, -0.2) is 4.98 Å². The van der Waals surface area contributed by atoms with E-state index in [9.17, 15) is 0 Å². The van der Waals surface area contributed by atoms with Crippen molar-refractivity contribution in [2.75, 3.05) is 31.6 Å². The highest BCUT2D eigenvalue weighted by molar-refractivity contribution is 6.31. The monoisotopic (exact) mass is 269 g/mol. The molecular formula is C13H20ClN3O. The van der Waals surface area contributed by atoms with Crippen LogP contribution >= 0.6 is 11.6 Å². The Hall–Kier alpha value is -0.840. The average molecular weight is 270 g/mol. The Kier molecular flexibility index (Phi) is 4.10. The third-order valence-corrected chi connectivity index (χ3v) is 3.34. The van der Waals surface area contributed by atoms with Gasteiger partial charge in [0.25, 0.3) is 0 Å². The van der Waals surface area contributed by atoms with Gasteiger partial charge in [0, 0.05) is 19.6 Å². The maximum absolute atomic E-state index is 6.12. The van der Waals surface area contributed by atoms with Crippen molar-refractivity contribution >= 4 is 17.4 Å². The molecule has 2 rings (SSSR count). The number of anilines is 1. The van der Waals surface area contributed by atoms with Gasteiger partial charge in [-0.3, -0.25) is 0 Å². The van der Waals surface area contributed by atoms with E-state index < -0.39 is 0 Å². The van der Waals surface area contributed by atoms with E-state index in [0.717, 1.165) is 31.2 Å². The first kappa shape index (κ1) is 13.6. The lowest BCUT2D eigenvalue weighted by atomic mass is 10.1. The zero-order valence-electron chi connectivity index (χ0n) is 11.2. The molecule has 0 radical (unpaired) electrons. The summed E-state index contributed by atoms with van der Waals surface area (Å²) in [7, 11) is 1.89. The fourth-order valence-electron chi connectivity index (χ4n) is 2.15. The third-order valence-electron chi connectivity index (χ3n) is 3.00. The fraction of sp³-hybridized carbons (Fsp3) is 0.615. The minimum Gasteiger partial charge on any atom is -0.372 e. The summed E-state index contributed by atoms with van der Waals surface area (Å²) in [6.45, 7) is 7.34. The molecule has 4 nitrogen and oxygen atoms in total. The van der Waals surface area contributed by atoms with Crippen LogP contribution in [0.3, 0.4) is 0 Å². The van der Waals surface area contributed by atoms with Gasteiger partial charge in [-0.15, -0.1) is 0 Å². The van der Waals surface area contributed by atoms with Crippen LogP contribution in [-0.4, -0.2) is 37.3 Å². The summed E-state index contributed by atoms with van der Waals surface area (Å²) in [5.74, 6) is 0.973. The van der Waals surface area contributed by atoms with Crippen molar-refractivity contribution < 1.29 is 4.74 Å². The molecule has 0 bridgehead atoms. The van der Waals surface area contributed by atoms with Crippen molar-refractivity contribution in [1.29, 1.82) is 0 Å². The maximum atomic E-state index is 6.12. The second kappa shape index (κ2) is 5.43. The standard InChI is InChI=1S/C13H20ClN3O/c1-13(2)9-17(6-7-18-13)12-5-4-10(14)11(16-12)8-15-3/h4-5,15H,6-9H2,1-3H3. The molecule has 5 heteroatoms. The van der Waals surface area contributed by atoms with Crippen molar-refractivity contribution in [1.82, 2.24) is 10.3 Å². The van der Waals surface area contributed by atoms with Crippen LogP contribution in [0.4, 0.5) is 5.82 Å². The van der Waals surface area contributed by atoms with Crippen molar-refractivity contribution in [2.45, 2.75) is 26.0 Å². The molecule has 1 aromatic heterocycles. The highest BCUT2D eigenvalue weighted by atomic mass is 35.5. The first-order valence-electron chi connectivity index (χ1n) is 6.21. The Balaban J connectivity index is 2.20. The molecule has 1 N–H and O–H groups in total. The largest absolute Gasteiger partial charge is 0.372 e. The van der Waals surface area contributed by atoms with Gasteiger partial charge < -0.3 is 15.0 Å². The first-order valence-corrected chi connectivity index (χ1v) is 6.58. The molecule has 18 heavy (non-hydrogen) atoms. The van der Waals surface area contributed by atoms with Crippen LogP contribution < -0.4 is 10.2 Å². The molecule has 1 fully saturated rings. The van der Waals surface area contributed by atoms with Crippen LogP contribution in [0, 0.1) is 0 Å². The number of aromatic nitrogens is 1. The summed E-state index contributed by atoms with van der Waals surface area (Å²) in [5, 5.41) is 3.79. The minimum absolute atomic E-state index is 0.122. The lowest BCUT2D eigenvalue weighted by molar-refractivity contribution is -0.0279. The van der Waals surface area contributed by atoms with Crippen molar-refractivity contribution in [3.8, 4) is 0 Å². The number of ether oxygens (including phenoxy) is 1. The Morgan fingerprint density at radius 3 is 2.94 bits per heavy atom. The Morgan fingerprint density at radius 2 is 2.28 bits per heavy atom. The topological polar surface area (TPSA) is 37.4 Å². The second-order valence-electron chi connectivity index (χ2n) is 5.16. The van der Waals surface area contributed by atoms with E-state index >= 15 is 0 Å². The molecule has 2 heterocycles. The Bertz CT molecular complexity index is 423. The lowest BCUT2D eigenvalue weighted by Crippen LogP contribution is -2.48. The number of hydrogen-bond donors (Lipinski definition) is 1. The molecule has 0 spiro atoms. The van der Waals surface area contributed by atoms with Crippen LogP contribution in [0.5, 0.6) is 0 Å². The molecule has 1 aliphatic rings. The number of nitrogens with one attached hydrogen (secondary N) is 1. The zero-order chi connectivity index (χ0) is 13.2. The van der Waals surface area contributed by atoms with Crippen molar-refractivity contribution in [3.63, 3.8) is 0 Å². The smallest absolute Gasteiger partial charge is 0.129 e. The number of morpholine rings is 1. The van der Waals surface area contributed by atoms with Crippen molar-refractivity contribution in [3.05, 3.63) is 22.8 Å². The fourth-order valence-corrected chi connectivity index (χ4v) is 2.32. The molecule has 1 aromatic rings. The Labute approximate surface area is 113 Å². The number of halogens is 1. The second-order valence-corrected chi connectivity index (χ2v) is 5.57. The predicted molar refractivity (Wildman–Crippen MR) is 74.3 cm³/mol. The molecule has 0 amide bonds. The molecule has 1 aliphatic heterocycles. The summed E-state index contributed by atoms with van der Waals surface area (Å²) in [5.41, 5.74) is 0.767. The van der Waals surface area contributed by atoms with E-state index in [2.05, 4.69) is 29.0 Å². The van der Waals surface area contributed by atoms with Crippen molar-refractivity contribution in [2.24, 2.45) is 0 Å². The van der Waals surface area contributed by atoms with Gasteiger partial charge in [0.05, 0.1) is 22.9 Å². The summed E-state index contributed by atoms with van der Waals surface area (Å²) in [6.07, 6.45) is 0. The number of hydrogen-bond acceptors (Lipinski definition) is 4. The van der Waals surface area contributed by atoms with Gasteiger partial charge >= 0.3 is 0 Å². The highest BCUT2D eigenvalue weighted by Crippen LogP contribution is 2.24. The number of rotatable bonds is 3. The molecule has 0 atom stereocenters. The Morgan fingerprint density at radius 1 is 1.50 bits per heavy atom. The van der Waals surface area contributed by atoms with Gasteiger partial charge in [0.15, 0.2) is 0 Å².